The zero-order chi connectivity index (χ0) is 28.3. The Balaban J connectivity index is 1.18. The van der Waals surface area contributed by atoms with E-state index in [2.05, 4.69) is 4.90 Å². The van der Waals surface area contributed by atoms with Crippen LogP contribution >= 0.6 is 0 Å². The molecule has 2 atom stereocenters. The Morgan fingerprint density at radius 1 is 0.951 bits per heavy atom. The number of hydrogen-bond acceptors (Lipinski definition) is 7. The summed E-state index contributed by atoms with van der Waals surface area (Å²) in [6.45, 7) is 1.99. The summed E-state index contributed by atoms with van der Waals surface area (Å²) >= 11 is 0. The van der Waals surface area contributed by atoms with Crippen LogP contribution in [0.5, 0.6) is 11.5 Å². The molecule has 0 saturated carbocycles. The van der Waals surface area contributed by atoms with Gasteiger partial charge in [0.25, 0.3) is 11.8 Å². The molecule has 1 N–H and O–H groups in total. The minimum absolute atomic E-state index is 0.0149. The van der Waals surface area contributed by atoms with Crippen LogP contribution in [0, 0.1) is 5.92 Å². The number of amides is 3. The van der Waals surface area contributed by atoms with Crippen molar-refractivity contribution in [1.82, 2.24) is 9.80 Å². The van der Waals surface area contributed by atoms with Crippen molar-refractivity contribution in [2.45, 2.75) is 25.5 Å². The number of ether oxygens (including phenoxy) is 2. The van der Waals surface area contributed by atoms with Crippen LogP contribution in [0.2, 0.25) is 0 Å². The Morgan fingerprint density at radius 3 is 2.54 bits per heavy atom. The molecule has 3 aliphatic heterocycles. The van der Waals surface area contributed by atoms with Crippen LogP contribution in [-0.4, -0.2) is 78.1 Å². The highest BCUT2D eigenvalue weighted by atomic mass is 16.6. The lowest BCUT2D eigenvalue weighted by Crippen LogP contribution is -2.46. The van der Waals surface area contributed by atoms with E-state index >= 15 is 0 Å². The van der Waals surface area contributed by atoms with Crippen LogP contribution in [0.3, 0.4) is 0 Å². The Bertz CT molecular complexity index is 1440. The van der Waals surface area contributed by atoms with E-state index in [-0.39, 0.29) is 49.9 Å². The number of anilines is 1. The summed E-state index contributed by atoms with van der Waals surface area (Å²) in [4.78, 5) is 45.7. The van der Waals surface area contributed by atoms with Crippen molar-refractivity contribution in [3.63, 3.8) is 0 Å². The fraction of sp³-hybridized carbons (Fsp3) is 0.344. The first kappa shape index (κ1) is 26.8. The molecule has 0 aromatic heterocycles. The summed E-state index contributed by atoms with van der Waals surface area (Å²) in [5.41, 5.74) is 2.41. The molecular formula is C32H33N3O6. The molecule has 41 heavy (non-hydrogen) atoms. The summed E-state index contributed by atoms with van der Waals surface area (Å²) < 4.78 is 11.8. The van der Waals surface area contributed by atoms with Gasteiger partial charge in [-0.2, -0.15) is 0 Å². The lowest BCUT2D eigenvalue weighted by atomic mass is 9.94. The van der Waals surface area contributed by atoms with Gasteiger partial charge in [-0.3, -0.25) is 19.3 Å². The number of fused-ring (bicyclic) bond motifs is 2. The quantitative estimate of drug-likeness (QED) is 0.426. The number of carbonyl (C=O) groups excluding carboxylic acids is 3. The van der Waals surface area contributed by atoms with Crippen molar-refractivity contribution < 1.29 is 29.0 Å². The number of rotatable bonds is 8. The molecule has 0 bridgehead atoms. The minimum Gasteiger partial charge on any atom is -0.486 e. The van der Waals surface area contributed by atoms with Crippen LogP contribution in [-0.2, 0) is 11.3 Å². The van der Waals surface area contributed by atoms with E-state index in [1.807, 2.05) is 54.6 Å². The minimum atomic E-state index is -0.477. The molecule has 1 fully saturated rings. The molecule has 6 rings (SSSR count). The largest absolute Gasteiger partial charge is 0.486 e. The molecule has 212 valence electrons. The zero-order valence-corrected chi connectivity index (χ0v) is 22.8. The Hall–Kier alpha value is -4.37. The maximum atomic E-state index is 13.7. The highest BCUT2D eigenvalue weighted by Gasteiger charge is 2.41. The molecular weight excluding hydrogens is 522 g/mol. The standard InChI is InChI=1S/C32H33N3O6/c36-17-16-34(18-22-8-2-1-3-9-22)30(37)23-10-7-15-33(19-23)26-12-6-11-25-29(26)32(39)35(31(25)38)20-24-21-40-27-13-4-5-14-28(27)41-24/h1-6,8-9,11-14,23-24,36H,7,10,15-21H2. The van der Waals surface area contributed by atoms with Crippen molar-refractivity contribution in [3.8, 4) is 11.5 Å². The number of hydrogen-bond donors (Lipinski definition) is 1. The third kappa shape index (κ3) is 5.37. The van der Waals surface area contributed by atoms with Crippen LogP contribution in [0.15, 0.2) is 72.8 Å². The number of para-hydroxylation sites is 2. The molecule has 1 saturated heterocycles. The van der Waals surface area contributed by atoms with Crippen LogP contribution in [0.25, 0.3) is 0 Å². The average Bonchev–Trinajstić information content (AvgIpc) is 3.26. The summed E-state index contributed by atoms with van der Waals surface area (Å²) in [5, 5.41) is 9.65. The summed E-state index contributed by atoms with van der Waals surface area (Å²) in [6.07, 6.45) is 1.02. The summed E-state index contributed by atoms with van der Waals surface area (Å²) in [7, 11) is 0. The van der Waals surface area contributed by atoms with Gasteiger partial charge in [-0.05, 0) is 42.7 Å². The normalized spacial score (nSPS) is 19.7. The Labute approximate surface area is 238 Å². The lowest BCUT2D eigenvalue weighted by Gasteiger charge is -2.37. The van der Waals surface area contributed by atoms with Gasteiger partial charge in [0, 0.05) is 26.2 Å². The van der Waals surface area contributed by atoms with Crippen molar-refractivity contribution in [2.24, 2.45) is 5.92 Å². The number of nitrogens with zero attached hydrogens (tertiary/aromatic N) is 3. The predicted octanol–water partition coefficient (Wildman–Crippen LogP) is 3.36. The van der Waals surface area contributed by atoms with Gasteiger partial charge in [0.2, 0.25) is 5.91 Å². The van der Waals surface area contributed by atoms with Crippen molar-refractivity contribution >= 4 is 23.4 Å². The fourth-order valence-electron chi connectivity index (χ4n) is 5.95. The van der Waals surface area contributed by atoms with E-state index in [4.69, 9.17) is 9.47 Å². The second kappa shape index (κ2) is 11.6. The average molecular weight is 556 g/mol. The van der Waals surface area contributed by atoms with Gasteiger partial charge in [0.1, 0.15) is 6.61 Å². The van der Waals surface area contributed by atoms with Gasteiger partial charge in [-0.15, -0.1) is 0 Å². The van der Waals surface area contributed by atoms with E-state index in [0.717, 1.165) is 18.4 Å². The lowest BCUT2D eigenvalue weighted by molar-refractivity contribution is -0.137. The van der Waals surface area contributed by atoms with E-state index in [0.29, 0.717) is 47.9 Å². The molecule has 3 aromatic rings. The molecule has 0 spiro atoms. The molecule has 0 aliphatic carbocycles. The molecule has 0 radical (unpaired) electrons. The molecule has 3 aliphatic rings. The van der Waals surface area contributed by atoms with Crippen LogP contribution in [0.4, 0.5) is 5.69 Å². The Kier molecular flexibility index (Phi) is 7.61. The van der Waals surface area contributed by atoms with Gasteiger partial charge in [-0.25, -0.2) is 0 Å². The van der Waals surface area contributed by atoms with Gasteiger partial charge >= 0.3 is 0 Å². The number of aliphatic hydroxyl groups excluding tert-OH is 1. The van der Waals surface area contributed by atoms with Crippen molar-refractivity contribution in [1.29, 1.82) is 0 Å². The summed E-state index contributed by atoms with van der Waals surface area (Å²) in [5.74, 6) is 0.222. The number of imide groups is 1. The first-order valence-corrected chi connectivity index (χ1v) is 14.1. The number of piperidine rings is 1. The Morgan fingerprint density at radius 2 is 1.73 bits per heavy atom. The van der Waals surface area contributed by atoms with Gasteiger partial charge < -0.3 is 24.4 Å². The molecule has 2 unspecified atom stereocenters. The molecule has 9 heteroatoms. The topological polar surface area (TPSA) is 99.6 Å². The highest BCUT2D eigenvalue weighted by molar-refractivity contribution is 6.23. The highest BCUT2D eigenvalue weighted by Crippen LogP contribution is 2.36. The van der Waals surface area contributed by atoms with Crippen LogP contribution < -0.4 is 14.4 Å². The zero-order valence-electron chi connectivity index (χ0n) is 22.8. The predicted molar refractivity (Wildman–Crippen MR) is 152 cm³/mol. The number of carbonyl (C=O) groups is 3. The first-order valence-electron chi connectivity index (χ1n) is 14.1. The van der Waals surface area contributed by atoms with Gasteiger partial charge in [0.15, 0.2) is 17.6 Å². The molecule has 9 nitrogen and oxygen atoms in total. The summed E-state index contributed by atoms with van der Waals surface area (Å²) in [6, 6.07) is 22.4. The van der Waals surface area contributed by atoms with Crippen LogP contribution in [0.1, 0.15) is 39.1 Å². The molecule has 3 amide bonds. The van der Waals surface area contributed by atoms with Crippen molar-refractivity contribution in [3.05, 3.63) is 89.5 Å². The van der Waals surface area contributed by atoms with Gasteiger partial charge in [0.05, 0.1) is 35.9 Å². The smallest absolute Gasteiger partial charge is 0.263 e. The second-order valence-corrected chi connectivity index (χ2v) is 10.7. The molecule has 3 aromatic carbocycles. The monoisotopic (exact) mass is 555 g/mol. The van der Waals surface area contributed by atoms with E-state index in [1.54, 1.807) is 23.1 Å². The third-order valence-electron chi connectivity index (χ3n) is 7.94. The number of aliphatic hydroxyl groups is 1. The maximum absolute atomic E-state index is 13.7. The maximum Gasteiger partial charge on any atom is 0.263 e. The third-order valence-corrected chi connectivity index (χ3v) is 7.94. The van der Waals surface area contributed by atoms with Crippen molar-refractivity contribution in [2.75, 3.05) is 44.3 Å². The SMILES string of the molecule is O=C(C1CCCN(c2cccc3c2C(=O)N(CC2COc4ccccc4O2)C3=O)C1)N(CCO)Cc1ccccc1. The number of benzene rings is 3. The van der Waals surface area contributed by atoms with E-state index < -0.39 is 6.10 Å². The van der Waals surface area contributed by atoms with E-state index in [1.165, 1.54) is 4.90 Å². The molecule has 3 heterocycles. The fourth-order valence-corrected chi connectivity index (χ4v) is 5.95. The first-order chi connectivity index (χ1) is 20.0. The second-order valence-electron chi connectivity index (χ2n) is 10.7. The van der Waals surface area contributed by atoms with E-state index in [9.17, 15) is 19.5 Å². The van der Waals surface area contributed by atoms with Gasteiger partial charge in [-0.1, -0.05) is 48.5 Å².